The lowest BCUT2D eigenvalue weighted by Crippen LogP contribution is -2.44. The van der Waals surface area contributed by atoms with E-state index in [1.54, 1.807) is 7.11 Å². The highest BCUT2D eigenvalue weighted by Crippen LogP contribution is 2.18. The van der Waals surface area contributed by atoms with E-state index in [1.807, 2.05) is 12.1 Å². The van der Waals surface area contributed by atoms with E-state index in [9.17, 15) is 0 Å². The molecule has 1 N–H and O–H groups in total. The van der Waals surface area contributed by atoms with Crippen molar-refractivity contribution in [2.45, 2.75) is 20.4 Å². The lowest BCUT2D eigenvalue weighted by Gasteiger charge is -2.31. The molecule has 0 amide bonds. The minimum atomic E-state index is 0.753. The van der Waals surface area contributed by atoms with Crippen molar-refractivity contribution in [2.24, 2.45) is 0 Å². The van der Waals surface area contributed by atoms with Gasteiger partial charge in [0, 0.05) is 38.4 Å². The monoisotopic (exact) mass is 413 g/mol. The first kappa shape index (κ1) is 21.6. The predicted molar refractivity (Wildman–Crippen MR) is 123 cm³/mol. The molecule has 2 aromatic carbocycles. The lowest BCUT2D eigenvalue weighted by molar-refractivity contribution is 0.0358. The van der Waals surface area contributed by atoms with Crippen LogP contribution in [0.2, 0.25) is 0 Å². The van der Waals surface area contributed by atoms with Crippen LogP contribution in [0.4, 0.5) is 5.69 Å². The molecule has 0 unspecified atom stereocenters. The summed E-state index contributed by atoms with van der Waals surface area (Å²) in [4.78, 5) is 4.68. The van der Waals surface area contributed by atoms with Crippen molar-refractivity contribution < 1.29 is 9.47 Å². The summed E-state index contributed by atoms with van der Waals surface area (Å²) < 4.78 is 10.8. The van der Waals surface area contributed by atoms with Crippen molar-refractivity contribution in [1.82, 2.24) is 9.80 Å². The normalized spacial score (nSPS) is 14.4. The van der Waals surface area contributed by atoms with Gasteiger partial charge in [-0.05, 0) is 61.0 Å². The van der Waals surface area contributed by atoms with Gasteiger partial charge < -0.3 is 19.7 Å². The molecule has 1 aliphatic heterocycles. The quantitative estimate of drug-likeness (QED) is 0.695. The molecule has 1 saturated heterocycles. The van der Waals surface area contributed by atoms with Crippen LogP contribution in [0.1, 0.15) is 16.7 Å². The average molecular weight is 414 g/mol. The van der Waals surface area contributed by atoms with Gasteiger partial charge in [0.15, 0.2) is 5.11 Å². The fraction of sp³-hybridized carbons (Fsp3) is 0.435. The van der Waals surface area contributed by atoms with Gasteiger partial charge in [0.05, 0.1) is 20.3 Å². The maximum absolute atomic E-state index is 5.82. The molecule has 6 heteroatoms. The van der Waals surface area contributed by atoms with Crippen molar-refractivity contribution in [1.29, 1.82) is 0 Å². The fourth-order valence-electron chi connectivity index (χ4n) is 3.36. The highest BCUT2D eigenvalue weighted by molar-refractivity contribution is 7.80. The number of morpholine rings is 1. The van der Waals surface area contributed by atoms with E-state index in [0.29, 0.717) is 0 Å². The van der Waals surface area contributed by atoms with E-state index in [2.05, 4.69) is 59.3 Å². The molecule has 0 aliphatic carbocycles. The molecule has 29 heavy (non-hydrogen) atoms. The summed E-state index contributed by atoms with van der Waals surface area (Å²) in [5.41, 5.74) is 4.69. The first-order valence-electron chi connectivity index (χ1n) is 10.1. The predicted octanol–water partition coefficient (Wildman–Crippen LogP) is 3.84. The lowest BCUT2D eigenvalue weighted by atomic mass is 10.1. The zero-order chi connectivity index (χ0) is 20.6. The van der Waals surface area contributed by atoms with Gasteiger partial charge in [-0.2, -0.15) is 0 Å². The first-order chi connectivity index (χ1) is 14.0. The minimum Gasteiger partial charge on any atom is -0.497 e. The SMILES string of the molecule is COc1ccc(CN(CCN2CCOCC2)C(=S)Nc2cc(C)ccc2C)cc1. The second kappa shape index (κ2) is 10.6. The molecule has 1 fully saturated rings. The number of aryl methyl sites for hydroxylation is 2. The average Bonchev–Trinajstić information content (AvgIpc) is 2.74. The van der Waals surface area contributed by atoms with Crippen LogP contribution in [0, 0.1) is 13.8 Å². The van der Waals surface area contributed by atoms with E-state index in [0.717, 1.165) is 62.5 Å². The van der Waals surface area contributed by atoms with Gasteiger partial charge in [-0.3, -0.25) is 4.90 Å². The third-order valence-electron chi connectivity index (χ3n) is 5.24. The Morgan fingerprint density at radius 2 is 1.86 bits per heavy atom. The largest absolute Gasteiger partial charge is 0.497 e. The fourth-order valence-corrected chi connectivity index (χ4v) is 3.62. The summed E-state index contributed by atoms with van der Waals surface area (Å²) in [6.07, 6.45) is 0. The summed E-state index contributed by atoms with van der Waals surface area (Å²) in [5, 5.41) is 4.22. The Balaban J connectivity index is 1.70. The van der Waals surface area contributed by atoms with Crippen LogP contribution in [-0.2, 0) is 11.3 Å². The second-order valence-electron chi connectivity index (χ2n) is 7.47. The molecule has 0 saturated carbocycles. The molecule has 1 aliphatic rings. The van der Waals surface area contributed by atoms with E-state index in [4.69, 9.17) is 21.7 Å². The zero-order valence-electron chi connectivity index (χ0n) is 17.6. The van der Waals surface area contributed by atoms with Gasteiger partial charge in [0.2, 0.25) is 0 Å². The van der Waals surface area contributed by atoms with Crippen molar-refractivity contribution in [3.63, 3.8) is 0 Å². The molecule has 0 atom stereocenters. The number of anilines is 1. The van der Waals surface area contributed by atoms with Gasteiger partial charge in [0.25, 0.3) is 0 Å². The molecule has 1 heterocycles. The van der Waals surface area contributed by atoms with E-state index in [-0.39, 0.29) is 0 Å². The highest BCUT2D eigenvalue weighted by Gasteiger charge is 2.16. The molecule has 0 aromatic heterocycles. The van der Waals surface area contributed by atoms with Gasteiger partial charge in [-0.25, -0.2) is 0 Å². The Bertz CT molecular complexity index is 804. The number of ether oxygens (including phenoxy) is 2. The molecule has 2 aromatic rings. The summed E-state index contributed by atoms with van der Waals surface area (Å²) in [6, 6.07) is 14.6. The molecule has 0 radical (unpaired) electrons. The van der Waals surface area contributed by atoms with Crippen LogP contribution < -0.4 is 10.1 Å². The standard InChI is InChI=1S/C23H31N3O2S/c1-18-4-5-19(2)22(16-18)24-23(29)26(11-10-25-12-14-28-15-13-25)17-20-6-8-21(27-3)9-7-20/h4-9,16H,10-15,17H2,1-3H3,(H,24,29). The summed E-state index contributed by atoms with van der Waals surface area (Å²) >= 11 is 5.82. The van der Waals surface area contributed by atoms with Gasteiger partial charge in [-0.1, -0.05) is 24.3 Å². The molecule has 3 rings (SSSR count). The topological polar surface area (TPSA) is 37.0 Å². The molecule has 5 nitrogen and oxygen atoms in total. The highest BCUT2D eigenvalue weighted by atomic mass is 32.1. The Morgan fingerprint density at radius 3 is 2.55 bits per heavy atom. The second-order valence-corrected chi connectivity index (χ2v) is 7.86. The van der Waals surface area contributed by atoms with Gasteiger partial charge in [-0.15, -0.1) is 0 Å². The first-order valence-corrected chi connectivity index (χ1v) is 10.5. The number of nitrogens with one attached hydrogen (secondary N) is 1. The Morgan fingerprint density at radius 1 is 1.14 bits per heavy atom. The van der Waals surface area contributed by atoms with E-state index < -0.39 is 0 Å². The summed E-state index contributed by atoms with van der Waals surface area (Å²) in [7, 11) is 1.69. The third-order valence-corrected chi connectivity index (χ3v) is 5.60. The zero-order valence-corrected chi connectivity index (χ0v) is 18.4. The number of benzene rings is 2. The van der Waals surface area contributed by atoms with Crippen molar-refractivity contribution in [3.05, 3.63) is 59.2 Å². The molecule has 156 valence electrons. The van der Waals surface area contributed by atoms with Crippen molar-refractivity contribution in [2.75, 3.05) is 51.8 Å². The van der Waals surface area contributed by atoms with Gasteiger partial charge in [0.1, 0.15) is 5.75 Å². The van der Waals surface area contributed by atoms with Crippen molar-refractivity contribution in [3.8, 4) is 5.75 Å². The Kier molecular flexibility index (Phi) is 7.86. The minimum absolute atomic E-state index is 0.753. The summed E-state index contributed by atoms with van der Waals surface area (Å²) in [6.45, 7) is 10.4. The number of hydrogen-bond acceptors (Lipinski definition) is 4. The van der Waals surface area contributed by atoms with Crippen LogP contribution in [0.5, 0.6) is 5.75 Å². The van der Waals surface area contributed by atoms with Crippen LogP contribution in [0.3, 0.4) is 0 Å². The maximum atomic E-state index is 5.82. The molecule has 0 bridgehead atoms. The van der Waals surface area contributed by atoms with E-state index >= 15 is 0 Å². The number of nitrogens with zero attached hydrogens (tertiary/aromatic N) is 2. The summed E-state index contributed by atoms with van der Waals surface area (Å²) in [5.74, 6) is 0.865. The van der Waals surface area contributed by atoms with Crippen LogP contribution >= 0.6 is 12.2 Å². The smallest absolute Gasteiger partial charge is 0.173 e. The Labute approximate surface area is 179 Å². The van der Waals surface area contributed by atoms with Crippen LogP contribution in [-0.4, -0.2) is 61.4 Å². The number of thiocarbonyl (C=S) groups is 1. The molecular weight excluding hydrogens is 382 g/mol. The van der Waals surface area contributed by atoms with Gasteiger partial charge >= 0.3 is 0 Å². The van der Waals surface area contributed by atoms with E-state index in [1.165, 1.54) is 16.7 Å². The number of methoxy groups -OCH3 is 1. The molecular formula is C23H31N3O2S. The number of hydrogen-bond donors (Lipinski definition) is 1. The third kappa shape index (κ3) is 6.42. The van der Waals surface area contributed by atoms with Crippen molar-refractivity contribution >= 4 is 23.0 Å². The van der Waals surface area contributed by atoms with Crippen LogP contribution in [0.15, 0.2) is 42.5 Å². The Hall–Kier alpha value is -2.15. The molecule has 0 spiro atoms. The van der Waals surface area contributed by atoms with Crippen LogP contribution in [0.25, 0.3) is 0 Å². The maximum Gasteiger partial charge on any atom is 0.173 e. The number of rotatable bonds is 7.